The molecule has 1 N–H and O–H groups in total. The summed E-state index contributed by atoms with van der Waals surface area (Å²) in [5.74, 6) is 0. The molecule has 0 saturated carbocycles. The lowest BCUT2D eigenvalue weighted by Crippen LogP contribution is -2.25. The van der Waals surface area contributed by atoms with Gasteiger partial charge in [0.2, 0.25) is 0 Å². The first-order chi connectivity index (χ1) is 7.27. The van der Waals surface area contributed by atoms with E-state index in [-0.39, 0.29) is 6.04 Å². The van der Waals surface area contributed by atoms with Crippen LogP contribution < -0.4 is 5.32 Å². The van der Waals surface area contributed by atoms with Crippen LogP contribution in [0, 0.1) is 6.92 Å². The number of hydrogen-bond acceptors (Lipinski definition) is 3. The molecule has 1 unspecified atom stereocenters. The van der Waals surface area contributed by atoms with E-state index in [1.54, 1.807) is 0 Å². The number of nitrogens with zero attached hydrogens (tertiary/aromatic N) is 1. The van der Waals surface area contributed by atoms with E-state index in [1.807, 2.05) is 19.3 Å². The van der Waals surface area contributed by atoms with Crippen LogP contribution in [0.4, 0.5) is 0 Å². The number of nitrogens with one attached hydrogen (secondary N) is 1. The van der Waals surface area contributed by atoms with E-state index >= 15 is 0 Å². The van der Waals surface area contributed by atoms with Crippen LogP contribution in [0.2, 0.25) is 0 Å². The molecule has 0 spiro atoms. The lowest BCUT2D eigenvalue weighted by Gasteiger charge is -2.18. The van der Waals surface area contributed by atoms with E-state index in [2.05, 4.69) is 30.2 Å². The smallest absolute Gasteiger partial charge is 0.0661 e. The molecule has 0 amide bonds. The zero-order valence-corrected chi connectivity index (χ0v) is 9.79. The van der Waals surface area contributed by atoms with Crippen LogP contribution in [0.1, 0.15) is 31.0 Å². The van der Waals surface area contributed by atoms with Gasteiger partial charge in [-0.1, -0.05) is 13.0 Å². The van der Waals surface area contributed by atoms with Crippen molar-refractivity contribution >= 4 is 0 Å². The van der Waals surface area contributed by atoms with Gasteiger partial charge >= 0.3 is 0 Å². The van der Waals surface area contributed by atoms with Crippen molar-refractivity contribution < 1.29 is 4.74 Å². The highest BCUT2D eigenvalue weighted by atomic mass is 16.5. The molecular formula is C12H20N2O. The summed E-state index contributed by atoms with van der Waals surface area (Å²) >= 11 is 0. The van der Waals surface area contributed by atoms with Crippen molar-refractivity contribution in [3.05, 3.63) is 29.6 Å². The van der Waals surface area contributed by atoms with Crippen molar-refractivity contribution in [3.8, 4) is 0 Å². The molecule has 0 saturated heterocycles. The van der Waals surface area contributed by atoms with Crippen molar-refractivity contribution in [2.45, 2.75) is 26.8 Å². The molecular weight excluding hydrogens is 188 g/mol. The minimum atomic E-state index is 0.252. The average molecular weight is 208 g/mol. The van der Waals surface area contributed by atoms with E-state index in [4.69, 9.17) is 4.74 Å². The highest BCUT2D eigenvalue weighted by Gasteiger charge is 2.10. The van der Waals surface area contributed by atoms with Gasteiger partial charge in [0.1, 0.15) is 0 Å². The number of aryl methyl sites for hydroxylation is 1. The van der Waals surface area contributed by atoms with Gasteiger partial charge in [-0.3, -0.25) is 4.98 Å². The van der Waals surface area contributed by atoms with Gasteiger partial charge in [0.05, 0.1) is 12.6 Å². The molecule has 15 heavy (non-hydrogen) atoms. The number of aromatic nitrogens is 1. The molecule has 1 aromatic heterocycles. The lowest BCUT2D eigenvalue weighted by atomic mass is 10.1. The van der Waals surface area contributed by atoms with Gasteiger partial charge in [-0.2, -0.15) is 0 Å². The average Bonchev–Trinajstić information content (AvgIpc) is 2.24. The first-order valence-electron chi connectivity index (χ1n) is 5.50. The quantitative estimate of drug-likeness (QED) is 0.777. The Labute approximate surface area is 91.9 Å². The highest BCUT2D eigenvalue weighted by molar-refractivity contribution is 5.20. The topological polar surface area (TPSA) is 34.1 Å². The second kappa shape index (κ2) is 6.53. The van der Waals surface area contributed by atoms with E-state index in [9.17, 15) is 0 Å². The molecule has 0 fully saturated rings. The summed E-state index contributed by atoms with van der Waals surface area (Å²) in [4.78, 5) is 4.20. The third-order valence-corrected chi connectivity index (χ3v) is 2.24. The predicted molar refractivity (Wildman–Crippen MR) is 61.9 cm³/mol. The summed E-state index contributed by atoms with van der Waals surface area (Å²) in [6.45, 7) is 8.56. The summed E-state index contributed by atoms with van der Waals surface area (Å²) in [5, 5.41) is 3.40. The largest absolute Gasteiger partial charge is 0.380 e. The Kier molecular flexibility index (Phi) is 5.29. The molecule has 1 heterocycles. The Bertz CT molecular complexity index is 289. The van der Waals surface area contributed by atoms with Crippen molar-refractivity contribution in [1.82, 2.24) is 10.3 Å². The van der Waals surface area contributed by atoms with Crippen LogP contribution in [0.5, 0.6) is 0 Å². The summed E-state index contributed by atoms with van der Waals surface area (Å²) in [7, 11) is 0. The van der Waals surface area contributed by atoms with Crippen LogP contribution in [-0.4, -0.2) is 24.7 Å². The van der Waals surface area contributed by atoms with Gasteiger partial charge in [-0.25, -0.2) is 0 Å². The minimum absolute atomic E-state index is 0.252. The number of pyridine rings is 1. The summed E-state index contributed by atoms with van der Waals surface area (Å²) in [5.41, 5.74) is 2.39. The molecule has 0 aromatic carbocycles. The number of rotatable bonds is 6. The second-order valence-electron chi connectivity index (χ2n) is 3.57. The lowest BCUT2D eigenvalue weighted by molar-refractivity contribution is 0.123. The monoisotopic (exact) mass is 208 g/mol. The van der Waals surface area contributed by atoms with Gasteiger partial charge < -0.3 is 10.1 Å². The Morgan fingerprint density at radius 2 is 2.20 bits per heavy atom. The molecule has 0 bridgehead atoms. The second-order valence-corrected chi connectivity index (χ2v) is 3.57. The van der Waals surface area contributed by atoms with E-state index in [0.29, 0.717) is 6.61 Å². The minimum Gasteiger partial charge on any atom is -0.380 e. The molecule has 0 aliphatic rings. The van der Waals surface area contributed by atoms with Gasteiger partial charge in [0.25, 0.3) is 0 Å². The summed E-state index contributed by atoms with van der Waals surface area (Å²) < 4.78 is 5.45. The Morgan fingerprint density at radius 1 is 1.40 bits per heavy atom. The van der Waals surface area contributed by atoms with Crippen molar-refractivity contribution in [1.29, 1.82) is 0 Å². The maximum Gasteiger partial charge on any atom is 0.0661 e. The highest BCUT2D eigenvalue weighted by Crippen LogP contribution is 2.13. The first kappa shape index (κ1) is 12.1. The standard InChI is InChI=1S/C12H20N2O/c1-4-14-12(9-15-5-2)11-6-10(3)7-13-8-11/h6-8,12,14H,4-5,9H2,1-3H3. The number of ether oxygens (including phenoxy) is 1. The third-order valence-electron chi connectivity index (χ3n) is 2.24. The molecule has 0 aliphatic carbocycles. The predicted octanol–water partition coefficient (Wildman–Crippen LogP) is 2.08. The first-order valence-corrected chi connectivity index (χ1v) is 5.50. The van der Waals surface area contributed by atoms with Crippen LogP contribution in [-0.2, 0) is 4.74 Å². The molecule has 0 radical (unpaired) electrons. The normalized spacial score (nSPS) is 12.7. The summed E-state index contributed by atoms with van der Waals surface area (Å²) in [6.07, 6.45) is 3.77. The Hall–Kier alpha value is -0.930. The maximum absolute atomic E-state index is 5.45. The maximum atomic E-state index is 5.45. The molecule has 1 rings (SSSR count). The molecule has 84 valence electrons. The van der Waals surface area contributed by atoms with Crippen molar-refractivity contribution in [2.24, 2.45) is 0 Å². The zero-order chi connectivity index (χ0) is 11.1. The van der Waals surface area contributed by atoms with Gasteiger partial charge in [0, 0.05) is 19.0 Å². The number of likely N-dealkylation sites (N-methyl/N-ethyl adjacent to an activating group) is 1. The molecule has 0 aliphatic heterocycles. The van der Waals surface area contributed by atoms with E-state index in [1.165, 1.54) is 11.1 Å². The summed E-state index contributed by atoms with van der Waals surface area (Å²) in [6, 6.07) is 2.40. The van der Waals surface area contributed by atoms with Gasteiger partial charge in [-0.05, 0) is 31.5 Å². The fourth-order valence-corrected chi connectivity index (χ4v) is 1.52. The van der Waals surface area contributed by atoms with Crippen LogP contribution in [0.25, 0.3) is 0 Å². The Morgan fingerprint density at radius 3 is 2.80 bits per heavy atom. The molecule has 3 heteroatoms. The fourth-order valence-electron chi connectivity index (χ4n) is 1.52. The van der Waals surface area contributed by atoms with Crippen molar-refractivity contribution in [3.63, 3.8) is 0 Å². The third kappa shape index (κ3) is 3.98. The SMILES string of the molecule is CCNC(COCC)c1cncc(C)c1. The van der Waals surface area contributed by atoms with Gasteiger partial charge in [-0.15, -0.1) is 0 Å². The molecule has 1 aromatic rings. The van der Waals surface area contributed by atoms with Crippen LogP contribution in [0.15, 0.2) is 18.5 Å². The fraction of sp³-hybridized carbons (Fsp3) is 0.583. The van der Waals surface area contributed by atoms with Gasteiger partial charge in [0.15, 0.2) is 0 Å². The van der Waals surface area contributed by atoms with E-state index in [0.717, 1.165) is 13.2 Å². The van der Waals surface area contributed by atoms with Crippen LogP contribution >= 0.6 is 0 Å². The zero-order valence-electron chi connectivity index (χ0n) is 9.79. The van der Waals surface area contributed by atoms with Crippen LogP contribution in [0.3, 0.4) is 0 Å². The van der Waals surface area contributed by atoms with E-state index < -0.39 is 0 Å². The van der Waals surface area contributed by atoms with Crippen molar-refractivity contribution in [2.75, 3.05) is 19.8 Å². The Balaban J connectivity index is 2.69. The number of hydrogen-bond donors (Lipinski definition) is 1. The molecule has 3 nitrogen and oxygen atoms in total. The molecule has 1 atom stereocenters.